The van der Waals surface area contributed by atoms with E-state index in [0.717, 1.165) is 17.9 Å². The maximum Gasteiger partial charge on any atom is 0.146 e. The molecule has 0 aromatic carbocycles. The summed E-state index contributed by atoms with van der Waals surface area (Å²) >= 11 is 0. The lowest BCUT2D eigenvalue weighted by atomic mass is 10.3. The van der Waals surface area contributed by atoms with E-state index in [2.05, 4.69) is 15.1 Å². The van der Waals surface area contributed by atoms with Gasteiger partial charge in [-0.2, -0.15) is 5.10 Å². The number of nitrogens with zero attached hydrogens (tertiary/aromatic N) is 5. The smallest absolute Gasteiger partial charge is 0.146 e. The van der Waals surface area contributed by atoms with Crippen molar-refractivity contribution < 1.29 is 0 Å². The number of aromatic nitrogens is 5. The highest BCUT2D eigenvalue weighted by atomic mass is 15.3. The molecule has 0 saturated heterocycles. The topological polar surface area (TPSA) is 74.5 Å². The van der Waals surface area contributed by atoms with E-state index in [1.165, 1.54) is 0 Å². The number of nitrogens with two attached hydrogens (primary N) is 1. The van der Waals surface area contributed by atoms with E-state index in [-0.39, 0.29) is 0 Å². The van der Waals surface area contributed by atoms with Crippen LogP contribution in [0.4, 0.5) is 0 Å². The molecule has 6 heteroatoms. The van der Waals surface area contributed by atoms with Crippen LogP contribution in [0.3, 0.4) is 0 Å². The largest absolute Gasteiger partial charge is 0.330 e. The highest BCUT2D eigenvalue weighted by Crippen LogP contribution is 2.00. The lowest BCUT2D eigenvalue weighted by Crippen LogP contribution is -2.05. The van der Waals surface area contributed by atoms with Gasteiger partial charge in [-0.3, -0.25) is 4.68 Å². The fourth-order valence-electron chi connectivity index (χ4n) is 1.40. The summed E-state index contributed by atoms with van der Waals surface area (Å²) in [6, 6.07) is 0. The Bertz CT molecular complexity index is 429. The maximum atomic E-state index is 5.45. The van der Waals surface area contributed by atoms with Gasteiger partial charge in [0.05, 0.1) is 18.6 Å². The fourth-order valence-corrected chi connectivity index (χ4v) is 1.40. The first kappa shape index (κ1) is 9.85. The minimum atomic E-state index is 0.626. The van der Waals surface area contributed by atoms with Gasteiger partial charge in [-0.15, -0.1) is 0 Å². The van der Waals surface area contributed by atoms with Gasteiger partial charge in [0.25, 0.3) is 0 Å². The molecular formula is C9H14N6. The highest BCUT2D eigenvalue weighted by Gasteiger charge is 2.02. The van der Waals surface area contributed by atoms with Gasteiger partial charge in [0.1, 0.15) is 12.2 Å². The van der Waals surface area contributed by atoms with Crippen molar-refractivity contribution in [3.8, 4) is 0 Å². The SMILES string of the molecule is Cn1ncnc1Cn1cnc(CCN)c1. The van der Waals surface area contributed by atoms with Crippen LogP contribution >= 0.6 is 0 Å². The third-order valence-corrected chi connectivity index (χ3v) is 2.22. The summed E-state index contributed by atoms with van der Waals surface area (Å²) in [7, 11) is 1.88. The molecule has 0 spiro atoms. The molecule has 0 saturated carbocycles. The van der Waals surface area contributed by atoms with Crippen LogP contribution in [0.1, 0.15) is 11.5 Å². The van der Waals surface area contributed by atoms with Crippen molar-refractivity contribution in [3.63, 3.8) is 0 Å². The molecule has 15 heavy (non-hydrogen) atoms. The first-order chi connectivity index (χ1) is 7.29. The van der Waals surface area contributed by atoms with Crippen LogP contribution in [0.2, 0.25) is 0 Å². The monoisotopic (exact) mass is 206 g/mol. The molecule has 80 valence electrons. The molecule has 0 amide bonds. The molecule has 2 aromatic heterocycles. The Balaban J connectivity index is 2.08. The molecule has 2 N–H and O–H groups in total. The Morgan fingerprint density at radius 3 is 2.93 bits per heavy atom. The number of hydrogen-bond acceptors (Lipinski definition) is 4. The van der Waals surface area contributed by atoms with Crippen LogP contribution in [0.5, 0.6) is 0 Å². The predicted octanol–water partition coefficient (Wildman–Crippen LogP) is -0.439. The number of rotatable bonds is 4. The van der Waals surface area contributed by atoms with Gasteiger partial charge < -0.3 is 10.3 Å². The Kier molecular flexibility index (Phi) is 2.77. The second kappa shape index (κ2) is 4.22. The van der Waals surface area contributed by atoms with Gasteiger partial charge in [-0.25, -0.2) is 9.97 Å². The first-order valence-corrected chi connectivity index (χ1v) is 4.83. The Morgan fingerprint density at radius 1 is 1.40 bits per heavy atom. The second-order valence-corrected chi connectivity index (χ2v) is 3.38. The molecule has 0 aliphatic carbocycles. The van der Waals surface area contributed by atoms with Crippen LogP contribution in [0, 0.1) is 0 Å². The van der Waals surface area contributed by atoms with E-state index in [1.807, 2.05) is 17.8 Å². The summed E-state index contributed by atoms with van der Waals surface area (Å²) in [5.41, 5.74) is 6.47. The van der Waals surface area contributed by atoms with E-state index >= 15 is 0 Å². The summed E-state index contributed by atoms with van der Waals surface area (Å²) in [6.45, 7) is 1.31. The molecule has 0 aliphatic heterocycles. The van der Waals surface area contributed by atoms with E-state index < -0.39 is 0 Å². The molecule has 0 fully saturated rings. The van der Waals surface area contributed by atoms with Gasteiger partial charge in [-0.05, 0) is 6.54 Å². The molecular weight excluding hydrogens is 192 g/mol. The first-order valence-electron chi connectivity index (χ1n) is 4.83. The third kappa shape index (κ3) is 2.21. The van der Waals surface area contributed by atoms with Crippen LogP contribution in [-0.4, -0.2) is 30.9 Å². The average Bonchev–Trinajstić information content (AvgIpc) is 2.79. The average molecular weight is 206 g/mol. The van der Waals surface area contributed by atoms with Crippen molar-refractivity contribution in [2.45, 2.75) is 13.0 Å². The number of aryl methyl sites for hydroxylation is 1. The molecule has 2 rings (SSSR count). The summed E-state index contributed by atoms with van der Waals surface area (Å²) in [4.78, 5) is 8.39. The third-order valence-electron chi connectivity index (χ3n) is 2.22. The minimum absolute atomic E-state index is 0.626. The van der Waals surface area contributed by atoms with Crippen molar-refractivity contribution in [2.75, 3.05) is 6.54 Å². The second-order valence-electron chi connectivity index (χ2n) is 3.38. The van der Waals surface area contributed by atoms with Crippen LogP contribution < -0.4 is 5.73 Å². The number of imidazole rings is 1. The van der Waals surface area contributed by atoms with Crippen molar-refractivity contribution >= 4 is 0 Å². The summed E-state index contributed by atoms with van der Waals surface area (Å²) in [6.07, 6.45) is 6.14. The summed E-state index contributed by atoms with van der Waals surface area (Å²) in [5.74, 6) is 0.909. The molecule has 6 nitrogen and oxygen atoms in total. The summed E-state index contributed by atoms with van der Waals surface area (Å²) in [5, 5.41) is 4.01. The van der Waals surface area contributed by atoms with Gasteiger partial charge >= 0.3 is 0 Å². The van der Waals surface area contributed by atoms with Gasteiger partial charge in [-0.1, -0.05) is 0 Å². The van der Waals surface area contributed by atoms with Gasteiger partial charge in [0, 0.05) is 19.7 Å². The predicted molar refractivity (Wildman–Crippen MR) is 55.1 cm³/mol. The highest BCUT2D eigenvalue weighted by molar-refractivity contribution is 4.99. The van der Waals surface area contributed by atoms with Gasteiger partial charge in [0.15, 0.2) is 0 Å². The molecule has 2 heterocycles. The Hall–Kier alpha value is -1.69. The zero-order valence-corrected chi connectivity index (χ0v) is 8.67. The van der Waals surface area contributed by atoms with Gasteiger partial charge in [0.2, 0.25) is 0 Å². The molecule has 0 radical (unpaired) electrons. The van der Waals surface area contributed by atoms with Crippen LogP contribution in [0.25, 0.3) is 0 Å². The normalized spacial score (nSPS) is 10.8. The maximum absolute atomic E-state index is 5.45. The van der Waals surface area contributed by atoms with Crippen molar-refractivity contribution in [1.82, 2.24) is 24.3 Å². The lowest BCUT2D eigenvalue weighted by Gasteiger charge is -2.00. The zero-order valence-electron chi connectivity index (χ0n) is 8.67. The Labute approximate surface area is 87.8 Å². The van der Waals surface area contributed by atoms with Crippen LogP contribution in [0.15, 0.2) is 18.9 Å². The lowest BCUT2D eigenvalue weighted by molar-refractivity contribution is 0.653. The van der Waals surface area contributed by atoms with E-state index in [9.17, 15) is 0 Å². The van der Waals surface area contributed by atoms with E-state index in [4.69, 9.17) is 5.73 Å². The molecule has 2 aromatic rings. The van der Waals surface area contributed by atoms with Crippen molar-refractivity contribution in [1.29, 1.82) is 0 Å². The number of hydrogen-bond donors (Lipinski definition) is 1. The fraction of sp³-hybridized carbons (Fsp3) is 0.444. The minimum Gasteiger partial charge on any atom is -0.330 e. The standard InChI is InChI=1S/C9H14N6/c1-14-9(11-6-13-14)5-15-4-8(2-3-10)12-7-15/h4,6-7H,2-3,5,10H2,1H3. The quantitative estimate of drug-likeness (QED) is 0.736. The van der Waals surface area contributed by atoms with Crippen molar-refractivity contribution in [2.24, 2.45) is 12.8 Å². The molecule has 0 bridgehead atoms. The van der Waals surface area contributed by atoms with E-state index in [1.54, 1.807) is 17.3 Å². The summed E-state index contributed by atoms with van der Waals surface area (Å²) < 4.78 is 3.73. The van der Waals surface area contributed by atoms with E-state index in [0.29, 0.717) is 13.1 Å². The molecule has 0 aliphatic rings. The Morgan fingerprint density at radius 2 is 2.27 bits per heavy atom. The molecule has 0 unspecified atom stereocenters. The molecule has 0 atom stereocenters. The van der Waals surface area contributed by atoms with Crippen molar-refractivity contribution in [3.05, 3.63) is 30.4 Å². The van der Waals surface area contributed by atoms with Crippen LogP contribution in [-0.2, 0) is 20.0 Å². The zero-order chi connectivity index (χ0) is 10.7.